The molecule has 5 nitrogen and oxygen atoms in total. The summed E-state index contributed by atoms with van der Waals surface area (Å²) in [6.07, 6.45) is -0.793. The zero-order valence-electron chi connectivity index (χ0n) is 14.2. The summed E-state index contributed by atoms with van der Waals surface area (Å²) in [4.78, 5) is 12.4. The average molecular weight is 408 g/mol. The third-order valence-electron chi connectivity index (χ3n) is 3.70. The van der Waals surface area contributed by atoms with E-state index in [1.54, 1.807) is 38.3 Å². The highest BCUT2D eigenvalue weighted by Gasteiger charge is 2.19. The topological polar surface area (TPSA) is 67.8 Å². The Labute approximate surface area is 156 Å². The predicted octanol–water partition coefficient (Wildman–Crippen LogP) is 3.33. The summed E-state index contributed by atoms with van der Waals surface area (Å²) in [7, 11) is 1.60. The minimum absolute atomic E-state index is 0.263. The Balaban J connectivity index is 1.98. The van der Waals surface area contributed by atoms with Crippen molar-refractivity contribution in [2.24, 2.45) is 0 Å². The number of carbonyl (C=O) groups excluding carboxylic acids is 1. The first-order valence-electron chi connectivity index (χ1n) is 7.97. The summed E-state index contributed by atoms with van der Waals surface area (Å²) < 4.78 is 11.4. The largest absolute Gasteiger partial charge is 0.491 e. The van der Waals surface area contributed by atoms with E-state index in [1.165, 1.54) is 0 Å². The van der Waals surface area contributed by atoms with Crippen molar-refractivity contribution in [3.8, 4) is 5.75 Å². The lowest BCUT2D eigenvalue weighted by atomic mass is 10.0. The molecule has 2 atom stereocenters. The summed E-state index contributed by atoms with van der Waals surface area (Å²) in [5, 5.41) is 13.2. The van der Waals surface area contributed by atoms with Crippen molar-refractivity contribution in [1.82, 2.24) is 5.32 Å². The number of aliphatic hydroxyl groups excluding tert-OH is 1. The Morgan fingerprint density at radius 2 is 1.92 bits per heavy atom. The van der Waals surface area contributed by atoms with Gasteiger partial charge in [-0.25, -0.2) is 0 Å². The third-order valence-corrected chi connectivity index (χ3v) is 4.22. The number of amides is 1. The van der Waals surface area contributed by atoms with Crippen LogP contribution in [-0.2, 0) is 4.74 Å². The first-order valence-corrected chi connectivity index (χ1v) is 8.76. The second kappa shape index (κ2) is 9.56. The van der Waals surface area contributed by atoms with Crippen LogP contribution in [0.5, 0.6) is 5.75 Å². The minimum atomic E-state index is -0.793. The van der Waals surface area contributed by atoms with E-state index in [4.69, 9.17) is 9.47 Å². The monoisotopic (exact) mass is 407 g/mol. The minimum Gasteiger partial charge on any atom is -0.491 e. The van der Waals surface area contributed by atoms with Gasteiger partial charge in [0.15, 0.2) is 0 Å². The maximum atomic E-state index is 12.4. The summed E-state index contributed by atoms with van der Waals surface area (Å²) in [5.74, 6) is 0.340. The number of carbonyl (C=O) groups is 1. The van der Waals surface area contributed by atoms with E-state index in [9.17, 15) is 9.90 Å². The van der Waals surface area contributed by atoms with Crippen LogP contribution in [0, 0.1) is 0 Å². The summed E-state index contributed by atoms with van der Waals surface area (Å²) >= 11 is 3.36. The van der Waals surface area contributed by atoms with Gasteiger partial charge in [-0.15, -0.1) is 0 Å². The van der Waals surface area contributed by atoms with E-state index in [0.29, 0.717) is 24.5 Å². The highest BCUT2D eigenvalue weighted by atomic mass is 79.9. The van der Waals surface area contributed by atoms with Crippen molar-refractivity contribution in [2.75, 3.05) is 20.3 Å². The first-order chi connectivity index (χ1) is 12.0. The van der Waals surface area contributed by atoms with Crippen LogP contribution in [0.1, 0.15) is 28.9 Å². The molecule has 0 bridgehead atoms. The van der Waals surface area contributed by atoms with Crippen LogP contribution in [0.25, 0.3) is 0 Å². The Morgan fingerprint density at radius 1 is 1.20 bits per heavy atom. The second-order valence-electron chi connectivity index (χ2n) is 5.63. The van der Waals surface area contributed by atoms with Gasteiger partial charge in [0.05, 0.1) is 18.8 Å². The fourth-order valence-electron chi connectivity index (χ4n) is 2.29. The maximum Gasteiger partial charge on any atom is 0.251 e. The number of hydrogen-bond acceptors (Lipinski definition) is 4. The molecule has 6 heteroatoms. The lowest BCUT2D eigenvalue weighted by Crippen LogP contribution is -2.37. The smallest absolute Gasteiger partial charge is 0.251 e. The van der Waals surface area contributed by atoms with Crippen LogP contribution in [0.2, 0.25) is 0 Å². The van der Waals surface area contributed by atoms with Crippen LogP contribution in [-0.4, -0.2) is 37.4 Å². The molecule has 0 unspecified atom stereocenters. The van der Waals surface area contributed by atoms with Crippen molar-refractivity contribution in [3.05, 3.63) is 64.1 Å². The van der Waals surface area contributed by atoms with Gasteiger partial charge in [0.25, 0.3) is 5.91 Å². The maximum absolute atomic E-state index is 12.4. The van der Waals surface area contributed by atoms with E-state index >= 15 is 0 Å². The van der Waals surface area contributed by atoms with Gasteiger partial charge < -0.3 is 19.9 Å². The Kier molecular flexibility index (Phi) is 7.43. The molecule has 0 radical (unpaired) electrons. The number of ether oxygens (including phenoxy) is 2. The number of hydrogen-bond donors (Lipinski definition) is 2. The van der Waals surface area contributed by atoms with E-state index in [1.807, 2.05) is 24.3 Å². The van der Waals surface area contributed by atoms with Gasteiger partial charge in [-0.2, -0.15) is 0 Å². The van der Waals surface area contributed by atoms with Gasteiger partial charge in [-0.05, 0) is 42.8 Å². The molecule has 0 aliphatic rings. The molecule has 2 rings (SSSR count). The van der Waals surface area contributed by atoms with E-state index in [0.717, 1.165) is 10.0 Å². The zero-order chi connectivity index (χ0) is 18.2. The van der Waals surface area contributed by atoms with Crippen LogP contribution in [0.4, 0.5) is 0 Å². The molecule has 0 aliphatic carbocycles. The Morgan fingerprint density at radius 3 is 2.60 bits per heavy atom. The summed E-state index contributed by atoms with van der Waals surface area (Å²) in [6, 6.07) is 13.8. The lowest BCUT2D eigenvalue weighted by Gasteiger charge is -2.21. The van der Waals surface area contributed by atoms with Crippen molar-refractivity contribution >= 4 is 21.8 Å². The molecule has 2 aromatic carbocycles. The van der Waals surface area contributed by atoms with Gasteiger partial charge >= 0.3 is 0 Å². The van der Waals surface area contributed by atoms with E-state index < -0.39 is 12.1 Å². The van der Waals surface area contributed by atoms with Gasteiger partial charge in [0.1, 0.15) is 12.4 Å². The molecule has 0 spiro atoms. The number of benzene rings is 2. The Hall–Kier alpha value is -1.89. The highest BCUT2D eigenvalue weighted by molar-refractivity contribution is 9.10. The third kappa shape index (κ3) is 5.85. The number of halogens is 1. The van der Waals surface area contributed by atoms with Crippen LogP contribution >= 0.6 is 15.9 Å². The van der Waals surface area contributed by atoms with Crippen LogP contribution in [0.15, 0.2) is 53.0 Å². The average Bonchev–Trinajstić information content (AvgIpc) is 2.62. The molecule has 2 N–H and O–H groups in total. The number of aliphatic hydroxyl groups is 1. The van der Waals surface area contributed by atoms with Crippen LogP contribution in [0.3, 0.4) is 0 Å². The molecular formula is C19H22BrNO4. The second-order valence-corrected chi connectivity index (χ2v) is 6.54. The summed E-state index contributed by atoms with van der Waals surface area (Å²) in [5.41, 5.74) is 1.22. The molecule has 0 aliphatic heterocycles. The number of rotatable bonds is 8. The predicted molar refractivity (Wildman–Crippen MR) is 99.8 cm³/mol. The van der Waals surface area contributed by atoms with E-state index in [-0.39, 0.29) is 5.91 Å². The molecule has 0 heterocycles. The van der Waals surface area contributed by atoms with Gasteiger partial charge in [0.2, 0.25) is 0 Å². The fraction of sp³-hybridized carbons (Fsp3) is 0.316. The molecular weight excluding hydrogens is 386 g/mol. The molecule has 0 fully saturated rings. The molecule has 2 aromatic rings. The molecule has 0 aromatic heterocycles. The quantitative estimate of drug-likeness (QED) is 0.658. The van der Waals surface area contributed by atoms with E-state index in [2.05, 4.69) is 21.2 Å². The van der Waals surface area contributed by atoms with Gasteiger partial charge in [0, 0.05) is 17.1 Å². The van der Waals surface area contributed by atoms with Crippen molar-refractivity contribution < 1.29 is 19.4 Å². The van der Waals surface area contributed by atoms with Gasteiger partial charge in [-0.3, -0.25) is 4.79 Å². The van der Waals surface area contributed by atoms with Crippen LogP contribution < -0.4 is 10.1 Å². The number of nitrogens with one attached hydrogen (secondary N) is 1. The lowest BCUT2D eigenvalue weighted by molar-refractivity contribution is 0.0851. The van der Waals surface area contributed by atoms with Crippen molar-refractivity contribution in [3.63, 3.8) is 0 Å². The molecule has 1 amide bonds. The van der Waals surface area contributed by atoms with Crippen molar-refractivity contribution in [1.29, 1.82) is 0 Å². The highest BCUT2D eigenvalue weighted by Crippen LogP contribution is 2.20. The first kappa shape index (κ1) is 19.4. The van der Waals surface area contributed by atoms with Crippen molar-refractivity contribution in [2.45, 2.75) is 19.1 Å². The molecule has 0 saturated carbocycles. The normalized spacial score (nSPS) is 13.1. The molecule has 134 valence electrons. The van der Waals surface area contributed by atoms with Gasteiger partial charge in [-0.1, -0.05) is 34.1 Å². The standard InChI is InChI=1S/C19H22BrNO4/c1-13(18(22)14-6-8-16(20)9-7-14)21-19(23)15-4-3-5-17(12-15)25-11-10-24-2/h3-9,12-13,18,22H,10-11H2,1-2H3,(H,21,23)/t13-,18-/m0/s1. The fourth-order valence-corrected chi connectivity index (χ4v) is 2.55. The Bertz CT molecular complexity index is 690. The molecule has 25 heavy (non-hydrogen) atoms. The molecule has 0 saturated heterocycles. The number of methoxy groups -OCH3 is 1. The summed E-state index contributed by atoms with van der Waals surface area (Å²) in [6.45, 7) is 2.66. The SMILES string of the molecule is COCCOc1cccc(C(=O)N[C@@H](C)[C@H](O)c2ccc(Br)cc2)c1. The zero-order valence-corrected chi connectivity index (χ0v) is 15.8.